The third kappa shape index (κ3) is 4.41. The van der Waals surface area contributed by atoms with Crippen LogP contribution in [0.15, 0.2) is 30.8 Å². The smallest absolute Gasteiger partial charge is 0.416 e. The number of rotatable bonds is 4. The molecule has 9 heteroatoms. The lowest BCUT2D eigenvalue weighted by Crippen LogP contribution is -2.31. The summed E-state index contributed by atoms with van der Waals surface area (Å²) in [6, 6.07) is 5.03. The van der Waals surface area contributed by atoms with Gasteiger partial charge in [0.15, 0.2) is 6.29 Å². The second-order valence-electron chi connectivity index (χ2n) is 6.40. The molecule has 1 aliphatic heterocycles. The van der Waals surface area contributed by atoms with Crippen LogP contribution in [0.1, 0.15) is 39.3 Å². The average Bonchev–Trinajstić information content (AvgIpc) is 2.95. The number of carbonyl (C=O) groups is 2. The first-order valence-electron chi connectivity index (χ1n) is 8.57. The van der Waals surface area contributed by atoms with Crippen LogP contribution in [-0.2, 0) is 30.6 Å². The molecule has 2 aromatic rings. The summed E-state index contributed by atoms with van der Waals surface area (Å²) in [7, 11) is 0. The predicted molar refractivity (Wildman–Crippen MR) is 94.4 cm³/mol. The molecular weight excluding hydrogens is 375 g/mol. The Kier molecular flexibility index (Phi) is 5.53. The van der Waals surface area contributed by atoms with Gasteiger partial charge in [0.05, 0.1) is 17.8 Å². The molecule has 2 heterocycles. The Morgan fingerprint density at radius 1 is 1.25 bits per heavy atom. The zero-order chi connectivity index (χ0) is 20.3. The molecule has 0 spiro atoms. The van der Waals surface area contributed by atoms with Crippen LogP contribution in [0, 0.1) is 0 Å². The third-order valence-corrected chi connectivity index (χ3v) is 4.35. The van der Waals surface area contributed by atoms with Crippen molar-refractivity contribution in [2.24, 2.45) is 0 Å². The number of benzene rings is 1. The van der Waals surface area contributed by atoms with Crippen LogP contribution in [0.4, 0.5) is 18.0 Å². The lowest BCUT2D eigenvalue weighted by Gasteiger charge is -2.20. The van der Waals surface area contributed by atoms with Gasteiger partial charge >= 0.3 is 12.3 Å². The quantitative estimate of drug-likeness (QED) is 0.739. The van der Waals surface area contributed by atoms with E-state index in [-0.39, 0.29) is 24.4 Å². The highest BCUT2D eigenvalue weighted by Gasteiger charge is 2.31. The summed E-state index contributed by atoms with van der Waals surface area (Å²) in [6.45, 7) is 4.38. The van der Waals surface area contributed by atoms with E-state index < -0.39 is 17.8 Å². The normalized spacial score (nSPS) is 14.2. The van der Waals surface area contributed by atoms with E-state index in [1.165, 1.54) is 17.0 Å². The summed E-state index contributed by atoms with van der Waals surface area (Å²) >= 11 is 0. The number of amides is 1. The first kappa shape index (κ1) is 19.7. The van der Waals surface area contributed by atoms with E-state index >= 15 is 0 Å². The highest BCUT2D eigenvalue weighted by atomic mass is 19.4. The summed E-state index contributed by atoms with van der Waals surface area (Å²) < 4.78 is 45.9. The van der Waals surface area contributed by atoms with Crippen molar-refractivity contribution in [3.8, 4) is 0 Å². The highest BCUT2D eigenvalue weighted by molar-refractivity contribution is 5.72. The van der Waals surface area contributed by atoms with Crippen LogP contribution in [0.2, 0.25) is 0 Å². The van der Waals surface area contributed by atoms with Crippen LogP contribution >= 0.6 is 0 Å². The molecule has 0 unspecified atom stereocenters. The molecule has 0 aliphatic carbocycles. The van der Waals surface area contributed by atoms with Crippen molar-refractivity contribution < 1.29 is 27.5 Å². The van der Waals surface area contributed by atoms with Crippen LogP contribution in [-0.4, -0.2) is 33.6 Å². The molecule has 0 N–H and O–H groups in total. The standard InChI is InChI=1S/C19H18F3N3O3/c1-2-13-6-14(8-15(7-13)19(20,21)22)12-28-18(27)24-4-3-5-25-17(10-24)9-16(11-26)23-25/h2,6-9,11H,1,3-5,10,12H2. The molecule has 1 aliphatic rings. The summed E-state index contributed by atoms with van der Waals surface area (Å²) in [6.07, 6.45) is -2.58. The second kappa shape index (κ2) is 7.87. The van der Waals surface area contributed by atoms with Crippen molar-refractivity contribution in [3.63, 3.8) is 0 Å². The van der Waals surface area contributed by atoms with E-state index in [1.807, 2.05) is 0 Å². The molecule has 148 valence electrons. The van der Waals surface area contributed by atoms with Crippen LogP contribution in [0.3, 0.4) is 0 Å². The molecule has 6 nitrogen and oxygen atoms in total. The summed E-state index contributed by atoms with van der Waals surface area (Å²) in [5, 5.41) is 4.12. The van der Waals surface area contributed by atoms with Gasteiger partial charge in [-0.05, 0) is 41.8 Å². The first-order valence-corrected chi connectivity index (χ1v) is 8.57. The minimum absolute atomic E-state index is 0.209. The van der Waals surface area contributed by atoms with E-state index in [2.05, 4.69) is 11.7 Å². The van der Waals surface area contributed by atoms with Crippen molar-refractivity contribution in [1.29, 1.82) is 0 Å². The number of carbonyl (C=O) groups excluding carboxylic acids is 2. The minimum Gasteiger partial charge on any atom is -0.445 e. The number of nitrogens with zero attached hydrogens (tertiary/aromatic N) is 3. The number of hydrogen-bond acceptors (Lipinski definition) is 4. The number of aromatic nitrogens is 2. The van der Waals surface area contributed by atoms with Gasteiger partial charge in [0.2, 0.25) is 0 Å². The molecule has 1 amide bonds. The van der Waals surface area contributed by atoms with E-state index in [0.29, 0.717) is 37.1 Å². The van der Waals surface area contributed by atoms with Crippen molar-refractivity contribution in [2.75, 3.05) is 6.54 Å². The van der Waals surface area contributed by atoms with Gasteiger partial charge in [0.1, 0.15) is 12.3 Å². The fourth-order valence-corrected chi connectivity index (χ4v) is 3.02. The molecule has 28 heavy (non-hydrogen) atoms. The van der Waals surface area contributed by atoms with Crippen molar-refractivity contribution in [2.45, 2.75) is 32.3 Å². The maximum absolute atomic E-state index is 13.0. The average molecular weight is 393 g/mol. The predicted octanol–water partition coefficient (Wildman–Crippen LogP) is 3.90. The topological polar surface area (TPSA) is 64.4 Å². The number of hydrogen-bond donors (Lipinski definition) is 0. The van der Waals surface area contributed by atoms with Gasteiger partial charge in [-0.2, -0.15) is 18.3 Å². The van der Waals surface area contributed by atoms with E-state index in [0.717, 1.165) is 12.1 Å². The number of aryl methyl sites for hydroxylation is 1. The molecule has 0 saturated heterocycles. The molecule has 1 aromatic heterocycles. The number of halogens is 3. The zero-order valence-corrected chi connectivity index (χ0v) is 14.9. The number of fused-ring (bicyclic) bond motifs is 1. The Balaban J connectivity index is 1.70. The number of aldehydes is 1. The van der Waals surface area contributed by atoms with Crippen molar-refractivity contribution >= 4 is 18.5 Å². The Labute approximate surface area is 159 Å². The third-order valence-electron chi connectivity index (χ3n) is 4.35. The van der Waals surface area contributed by atoms with Gasteiger partial charge in [-0.3, -0.25) is 9.48 Å². The lowest BCUT2D eigenvalue weighted by molar-refractivity contribution is -0.137. The van der Waals surface area contributed by atoms with Crippen molar-refractivity contribution in [3.05, 3.63) is 58.9 Å². The SMILES string of the molecule is C=Cc1cc(COC(=O)N2CCCn3nc(C=O)cc3C2)cc(C(F)(F)F)c1. The maximum Gasteiger partial charge on any atom is 0.416 e. The fourth-order valence-electron chi connectivity index (χ4n) is 3.02. The summed E-state index contributed by atoms with van der Waals surface area (Å²) in [4.78, 5) is 24.7. The van der Waals surface area contributed by atoms with Gasteiger partial charge in [0, 0.05) is 13.1 Å². The molecule has 0 bridgehead atoms. The Morgan fingerprint density at radius 3 is 2.71 bits per heavy atom. The Morgan fingerprint density at radius 2 is 2.04 bits per heavy atom. The molecular formula is C19H18F3N3O3. The summed E-state index contributed by atoms with van der Waals surface area (Å²) in [5.41, 5.74) is 0.675. The zero-order valence-electron chi connectivity index (χ0n) is 14.9. The maximum atomic E-state index is 13.0. The minimum atomic E-state index is -4.50. The first-order chi connectivity index (χ1) is 13.3. The molecule has 0 atom stereocenters. The molecule has 1 aromatic carbocycles. The molecule has 0 radical (unpaired) electrons. The Bertz CT molecular complexity index is 906. The fraction of sp³-hybridized carbons (Fsp3) is 0.316. The van der Waals surface area contributed by atoms with Crippen LogP contribution < -0.4 is 0 Å². The van der Waals surface area contributed by atoms with Gasteiger partial charge in [-0.1, -0.05) is 12.7 Å². The van der Waals surface area contributed by atoms with E-state index in [1.54, 1.807) is 10.7 Å². The van der Waals surface area contributed by atoms with E-state index in [4.69, 9.17) is 4.74 Å². The monoisotopic (exact) mass is 393 g/mol. The van der Waals surface area contributed by atoms with Gasteiger partial charge in [0.25, 0.3) is 0 Å². The number of alkyl halides is 3. The molecule has 0 fully saturated rings. The molecule has 0 saturated carbocycles. The van der Waals surface area contributed by atoms with Gasteiger partial charge in [-0.25, -0.2) is 4.79 Å². The Hall–Kier alpha value is -3.10. The van der Waals surface area contributed by atoms with E-state index in [9.17, 15) is 22.8 Å². The van der Waals surface area contributed by atoms with Crippen LogP contribution in [0.25, 0.3) is 6.08 Å². The highest BCUT2D eigenvalue weighted by Crippen LogP contribution is 2.31. The van der Waals surface area contributed by atoms with Crippen LogP contribution in [0.5, 0.6) is 0 Å². The number of ether oxygens (including phenoxy) is 1. The molecule has 3 rings (SSSR count). The van der Waals surface area contributed by atoms with Gasteiger partial charge in [-0.15, -0.1) is 0 Å². The largest absolute Gasteiger partial charge is 0.445 e. The van der Waals surface area contributed by atoms with Gasteiger partial charge < -0.3 is 9.64 Å². The second-order valence-corrected chi connectivity index (χ2v) is 6.40. The lowest BCUT2D eigenvalue weighted by atomic mass is 10.1. The van der Waals surface area contributed by atoms with Crippen molar-refractivity contribution in [1.82, 2.24) is 14.7 Å². The summed E-state index contributed by atoms with van der Waals surface area (Å²) in [5.74, 6) is 0.